The van der Waals surface area contributed by atoms with Crippen molar-refractivity contribution in [1.82, 2.24) is 24.6 Å². The molecule has 37 heavy (non-hydrogen) atoms. The topological polar surface area (TPSA) is 71.3 Å². The van der Waals surface area contributed by atoms with Gasteiger partial charge in [0, 0.05) is 44.2 Å². The number of halogens is 2. The number of hydrogen-bond donors (Lipinski definition) is 0. The summed E-state index contributed by atoms with van der Waals surface area (Å²) in [6.45, 7) is 4.82. The Morgan fingerprint density at radius 1 is 1.05 bits per heavy atom. The zero-order valence-corrected chi connectivity index (χ0v) is 20.3. The summed E-state index contributed by atoms with van der Waals surface area (Å²) in [4.78, 5) is 33.4. The third-order valence-electron chi connectivity index (χ3n) is 7.60. The molecule has 1 atom stereocenters. The molecule has 0 N–H and O–H groups in total. The molecule has 0 unspecified atom stereocenters. The zero-order chi connectivity index (χ0) is 25.7. The fraction of sp³-hybridized carbons (Fsp3) is 0.357. The highest BCUT2D eigenvalue weighted by atomic mass is 19.3. The van der Waals surface area contributed by atoms with Crippen molar-refractivity contribution in [2.24, 2.45) is 0 Å². The minimum atomic E-state index is -2.70. The number of alkyl halides is 2. The number of carbonyl (C=O) groups excluding carboxylic acids is 2. The number of aromatic nitrogens is 3. The Labute approximate surface area is 213 Å². The molecule has 4 heterocycles. The molecule has 190 valence electrons. The third kappa shape index (κ3) is 4.22. The highest BCUT2D eigenvalue weighted by Crippen LogP contribution is 2.41. The van der Waals surface area contributed by atoms with E-state index in [4.69, 9.17) is 5.10 Å². The SMILES string of the molecule is C=CC(=O)N1CCc2nn(-c3ccc(C4CC4)cc3)c3c2[C@@H](C1)N(C(=O)c1ccc(C(F)F)nc1)CC3. The van der Waals surface area contributed by atoms with Gasteiger partial charge in [0.05, 0.1) is 28.7 Å². The van der Waals surface area contributed by atoms with E-state index in [1.807, 2.05) is 4.68 Å². The maximum atomic E-state index is 13.6. The fourth-order valence-electron chi connectivity index (χ4n) is 5.51. The Morgan fingerprint density at radius 2 is 1.84 bits per heavy atom. The lowest BCUT2D eigenvalue weighted by molar-refractivity contribution is -0.126. The molecule has 1 aliphatic carbocycles. The van der Waals surface area contributed by atoms with Crippen molar-refractivity contribution in [3.8, 4) is 5.69 Å². The first-order chi connectivity index (χ1) is 17.9. The summed E-state index contributed by atoms with van der Waals surface area (Å²) < 4.78 is 27.9. The number of hydrogen-bond acceptors (Lipinski definition) is 4. The molecule has 1 fully saturated rings. The number of nitrogens with zero attached hydrogens (tertiary/aromatic N) is 5. The van der Waals surface area contributed by atoms with Gasteiger partial charge in [-0.1, -0.05) is 18.7 Å². The van der Waals surface area contributed by atoms with Crippen LogP contribution in [-0.4, -0.2) is 56.0 Å². The van der Waals surface area contributed by atoms with Gasteiger partial charge in [-0.25, -0.2) is 13.5 Å². The largest absolute Gasteiger partial charge is 0.336 e. The Bertz CT molecular complexity index is 1360. The van der Waals surface area contributed by atoms with Crippen molar-refractivity contribution in [2.45, 2.75) is 44.1 Å². The van der Waals surface area contributed by atoms with Crippen LogP contribution in [0.15, 0.2) is 55.3 Å². The zero-order valence-electron chi connectivity index (χ0n) is 20.3. The lowest BCUT2D eigenvalue weighted by Crippen LogP contribution is -2.45. The minimum Gasteiger partial charge on any atom is -0.336 e. The molecule has 7 nitrogen and oxygen atoms in total. The van der Waals surface area contributed by atoms with Gasteiger partial charge in [0.15, 0.2) is 0 Å². The van der Waals surface area contributed by atoms with E-state index in [1.54, 1.807) is 9.80 Å². The first-order valence-electron chi connectivity index (χ1n) is 12.6. The minimum absolute atomic E-state index is 0.198. The van der Waals surface area contributed by atoms with Crippen molar-refractivity contribution in [3.05, 3.63) is 89.0 Å². The summed E-state index contributed by atoms with van der Waals surface area (Å²) in [5.74, 6) is 0.170. The number of carbonyl (C=O) groups is 2. The van der Waals surface area contributed by atoms with Gasteiger partial charge in [-0.2, -0.15) is 5.10 Å². The van der Waals surface area contributed by atoms with Crippen LogP contribution in [0, 0.1) is 0 Å². The quantitative estimate of drug-likeness (QED) is 0.484. The van der Waals surface area contributed by atoms with Gasteiger partial charge >= 0.3 is 0 Å². The van der Waals surface area contributed by atoms with E-state index < -0.39 is 12.5 Å². The molecule has 6 rings (SSSR count). The van der Waals surface area contributed by atoms with Gasteiger partial charge in [0.2, 0.25) is 5.91 Å². The van der Waals surface area contributed by atoms with Crippen LogP contribution in [0.4, 0.5) is 8.78 Å². The van der Waals surface area contributed by atoms with Crippen molar-refractivity contribution in [1.29, 1.82) is 0 Å². The van der Waals surface area contributed by atoms with E-state index in [1.165, 1.54) is 42.8 Å². The van der Waals surface area contributed by atoms with Crippen LogP contribution in [0.1, 0.15) is 69.8 Å². The monoisotopic (exact) mass is 503 g/mol. The summed E-state index contributed by atoms with van der Waals surface area (Å²) in [6, 6.07) is 10.7. The maximum Gasteiger partial charge on any atom is 0.280 e. The molecule has 2 amide bonds. The molecule has 2 aliphatic heterocycles. The van der Waals surface area contributed by atoms with Gasteiger partial charge in [0.25, 0.3) is 12.3 Å². The molecular formula is C28H27F2N5O2. The Kier molecular flexibility index (Phi) is 5.85. The average Bonchev–Trinajstić information content (AvgIpc) is 3.73. The summed E-state index contributed by atoms with van der Waals surface area (Å²) >= 11 is 0. The van der Waals surface area contributed by atoms with Gasteiger partial charge in [-0.3, -0.25) is 14.6 Å². The Balaban J connectivity index is 1.38. The Morgan fingerprint density at radius 3 is 2.49 bits per heavy atom. The molecule has 0 bridgehead atoms. The van der Waals surface area contributed by atoms with E-state index in [9.17, 15) is 18.4 Å². The van der Waals surface area contributed by atoms with Crippen molar-refractivity contribution >= 4 is 11.8 Å². The second-order valence-electron chi connectivity index (χ2n) is 9.86. The lowest BCUT2D eigenvalue weighted by atomic mass is 9.95. The standard InChI is InChI=1S/C28H27F2N5O2/c1-2-25(36)33-13-11-21-26-23(35(32-21)20-8-5-18(6-9-20)17-3-4-17)12-14-34(24(26)16-33)28(37)19-7-10-22(27(29)30)31-15-19/h2,5-10,15,17,24,27H,1,3-4,11-14,16H2/t24-/m1/s1. The van der Waals surface area contributed by atoms with Crippen LogP contribution in [0.3, 0.4) is 0 Å². The summed E-state index contributed by atoms with van der Waals surface area (Å²) in [5, 5.41) is 4.97. The first kappa shape index (κ1) is 23.5. The predicted octanol–water partition coefficient (Wildman–Crippen LogP) is 4.39. The van der Waals surface area contributed by atoms with Crippen LogP contribution >= 0.6 is 0 Å². The molecule has 1 saturated carbocycles. The highest BCUT2D eigenvalue weighted by Gasteiger charge is 2.40. The summed E-state index contributed by atoms with van der Waals surface area (Å²) in [7, 11) is 0. The average molecular weight is 504 g/mol. The van der Waals surface area contributed by atoms with Crippen LogP contribution in [0.5, 0.6) is 0 Å². The molecule has 1 aromatic carbocycles. The van der Waals surface area contributed by atoms with E-state index in [0.29, 0.717) is 38.4 Å². The highest BCUT2D eigenvalue weighted by molar-refractivity contribution is 5.94. The van der Waals surface area contributed by atoms with E-state index in [2.05, 4.69) is 35.8 Å². The smallest absolute Gasteiger partial charge is 0.280 e. The summed E-state index contributed by atoms with van der Waals surface area (Å²) in [6.07, 6.45) is 3.43. The first-order valence-corrected chi connectivity index (χ1v) is 12.6. The van der Waals surface area contributed by atoms with Crippen molar-refractivity contribution in [2.75, 3.05) is 19.6 Å². The number of rotatable bonds is 5. The second kappa shape index (κ2) is 9.21. The third-order valence-corrected chi connectivity index (χ3v) is 7.60. The molecule has 3 aromatic rings. The molecule has 2 aromatic heterocycles. The lowest BCUT2D eigenvalue weighted by Gasteiger charge is -2.37. The van der Waals surface area contributed by atoms with Gasteiger partial charge in [0.1, 0.15) is 5.69 Å². The molecule has 0 saturated heterocycles. The van der Waals surface area contributed by atoms with Crippen molar-refractivity contribution < 1.29 is 18.4 Å². The maximum absolute atomic E-state index is 13.6. The molecule has 0 spiro atoms. The van der Waals surface area contributed by atoms with E-state index in [-0.39, 0.29) is 23.1 Å². The van der Waals surface area contributed by atoms with Crippen LogP contribution in [-0.2, 0) is 17.6 Å². The second-order valence-corrected chi connectivity index (χ2v) is 9.86. The predicted molar refractivity (Wildman–Crippen MR) is 133 cm³/mol. The molecule has 9 heteroatoms. The van der Waals surface area contributed by atoms with E-state index in [0.717, 1.165) is 22.6 Å². The van der Waals surface area contributed by atoms with Gasteiger partial charge < -0.3 is 9.80 Å². The fourth-order valence-corrected chi connectivity index (χ4v) is 5.51. The number of amides is 2. The molecule has 0 radical (unpaired) electrons. The Hall–Kier alpha value is -3.88. The van der Waals surface area contributed by atoms with Crippen LogP contribution < -0.4 is 0 Å². The number of benzene rings is 1. The van der Waals surface area contributed by atoms with Gasteiger partial charge in [-0.05, 0) is 54.7 Å². The molecule has 3 aliphatic rings. The van der Waals surface area contributed by atoms with E-state index >= 15 is 0 Å². The van der Waals surface area contributed by atoms with Crippen molar-refractivity contribution in [3.63, 3.8) is 0 Å². The molecular weight excluding hydrogens is 476 g/mol. The van der Waals surface area contributed by atoms with Gasteiger partial charge in [-0.15, -0.1) is 0 Å². The number of pyridine rings is 1. The van der Waals surface area contributed by atoms with Crippen LogP contribution in [0.2, 0.25) is 0 Å². The normalized spacial score (nSPS) is 18.9. The van der Waals surface area contributed by atoms with Crippen LogP contribution in [0.25, 0.3) is 5.69 Å². The summed E-state index contributed by atoms with van der Waals surface area (Å²) in [5.41, 5.74) is 5.09.